The SMILES string of the molecule is CC(C)(C)C(=O)N[C@H](C=O)CC1CCCCC1. The molecule has 0 aliphatic heterocycles. The zero-order valence-corrected chi connectivity index (χ0v) is 11.3. The van der Waals surface area contributed by atoms with E-state index < -0.39 is 5.41 Å². The van der Waals surface area contributed by atoms with Gasteiger partial charge < -0.3 is 10.1 Å². The summed E-state index contributed by atoms with van der Waals surface area (Å²) in [6.45, 7) is 5.60. The predicted octanol–water partition coefficient (Wildman–Crippen LogP) is 2.69. The van der Waals surface area contributed by atoms with Gasteiger partial charge in [-0.15, -0.1) is 0 Å². The maximum absolute atomic E-state index is 11.8. The molecule has 1 atom stereocenters. The molecule has 3 heteroatoms. The van der Waals surface area contributed by atoms with E-state index in [1.165, 1.54) is 32.1 Å². The van der Waals surface area contributed by atoms with Crippen molar-refractivity contribution >= 4 is 12.2 Å². The van der Waals surface area contributed by atoms with Gasteiger partial charge in [0.25, 0.3) is 0 Å². The van der Waals surface area contributed by atoms with E-state index in [9.17, 15) is 9.59 Å². The number of carbonyl (C=O) groups is 2. The Labute approximate surface area is 104 Å². The second-order valence-electron chi connectivity index (χ2n) is 6.21. The van der Waals surface area contributed by atoms with E-state index in [1.807, 2.05) is 20.8 Å². The zero-order chi connectivity index (χ0) is 12.9. The summed E-state index contributed by atoms with van der Waals surface area (Å²) in [5.74, 6) is 0.574. The number of nitrogens with one attached hydrogen (secondary N) is 1. The quantitative estimate of drug-likeness (QED) is 0.767. The first kappa shape index (κ1) is 14.2. The van der Waals surface area contributed by atoms with Crippen molar-refractivity contribution in [3.05, 3.63) is 0 Å². The summed E-state index contributed by atoms with van der Waals surface area (Å²) in [5, 5.41) is 2.85. The van der Waals surface area contributed by atoms with Crippen LogP contribution in [0.3, 0.4) is 0 Å². The van der Waals surface area contributed by atoms with Gasteiger partial charge in [0, 0.05) is 5.41 Å². The molecule has 1 rings (SSSR count). The summed E-state index contributed by atoms with van der Waals surface area (Å²) in [5.41, 5.74) is -0.423. The summed E-state index contributed by atoms with van der Waals surface area (Å²) in [6.07, 6.45) is 7.96. The maximum atomic E-state index is 11.8. The second-order valence-corrected chi connectivity index (χ2v) is 6.21. The molecule has 98 valence electrons. The largest absolute Gasteiger partial charge is 0.346 e. The van der Waals surface area contributed by atoms with E-state index in [-0.39, 0.29) is 11.9 Å². The molecule has 0 radical (unpaired) electrons. The van der Waals surface area contributed by atoms with Gasteiger partial charge in [0.2, 0.25) is 5.91 Å². The Morgan fingerprint density at radius 3 is 2.35 bits per heavy atom. The molecule has 0 bridgehead atoms. The molecule has 3 nitrogen and oxygen atoms in total. The van der Waals surface area contributed by atoms with Crippen LogP contribution in [-0.2, 0) is 9.59 Å². The highest BCUT2D eigenvalue weighted by Crippen LogP contribution is 2.27. The highest BCUT2D eigenvalue weighted by Gasteiger charge is 2.25. The molecule has 0 heterocycles. The van der Waals surface area contributed by atoms with Gasteiger partial charge in [-0.2, -0.15) is 0 Å². The fourth-order valence-electron chi connectivity index (χ4n) is 2.32. The van der Waals surface area contributed by atoms with Crippen LogP contribution in [0.2, 0.25) is 0 Å². The van der Waals surface area contributed by atoms with Gasteiger partial charge in [-0.05, 0) is 12.3 Å². The molecule has 1 saturated carbocycles. The molecule has 0 saturated heterocycles. The lowest BCUT2D eigenvalue weighted by molar-refractivity contribution is -0.130. The molecule has 1 fully saturated rings. The Morgan fingerprint density at radius 2 is 1.88 bits per heavy atom. The van der Waals surface area contributed by atoms with Gasteiger partial charge >= 0.3 is 0 Å². The third-order valence-corrected chi connectivity index (χ3v) is 3.47. The molecular weight excluding hydrogens is 214 g/mol. The molecule has 0 spiro atoms. The van der Waals surface area contributed by atoms with Crippen LogP contribution < -0.4 is 5.32 Å². The first-order valence-corrected chi connectivity index (χ1v) is 6.69. The lowest BCUT2D eigenvalue weighted by Gasteiger charge is -2.26. The molecule has 17 heavy (non-hydrogen) atoms. The van der Waals surface area contributed by atoms with E-state index >= 15 is 0 Å². The van der Waals surface area contributed by atoms with Gasteiger partial charge in [-0.25, -0.2) is 0 Å². The van der Waals surface area contributed by atoms with Crippen LogP contribution in [0.5, 0.6) is 0 Å². The molecule has 1 aliphatic carbocycles. The standard InChI is InChI=1S/C14H25NO2/c1-14(2,3)13(17)15-12(10-16)9-11-7-5-4-6-8-11/h10-12H,4-9H2,1-3H3,(H,15,17)/t12-/m0/s1. The molecule has 0 unspecified atom stereocenters. The van der Waals surface area contributed by atoms with Gasteiger partial charge in [0.1, 0.15) is 6.29 Å². The first-order valence-electron chi connectivity index (χ1n) is 6.69. The minimum atomic E-state index is -0.423. The number of carbonyl (C=O) groups excluding carboxylic acids is 2. The molecule has 1 aliphatic rings. The van der Waals surface area contributed by atoms with E-state index in [0.717, 1.165) is 12.7 Å². The van der Waals surface area contributed by atoms with Crippen LogP contribution in [0.15, 0.2) is 0 Å². The van der Waals surface area contributed by atoms with Crippen molar-refractivity contribution in [2.24, 2.45) is 11.3 Å². The minimum absolute atomic E-state index is 0.0367. The number of aldehydes is 1. The first-order chi connectivity index (χ1) is 7.93. The highest BCUT2D eigenvalue weighted by atomic mass is 16.2. The van der Waals surface area contributed by atoms with Crippen LogP contribution in [0.1, 0.15) is 59.3 Å². The van der Waals surface area contributed by atoms with E-state index in [4.69, 9.17) is 0 Å². The van der Waals surface area contributed by atoms with Crippen LogP contribution in [0, 0.1) is 11.3 Å². The molecule has 1 amide bonds. The third-order valence-electron chi connectivity index (χ3n) is 3.47. The van der Waals surface area contributed by atoms with Gasteiger partial charge in [0.05, 0.1) is 6.04 Å². The van der Waals surface area contributed by atoms with Crippen molar-refractivity contribution in [1.29, 1.82) is 0 Å². The van der Waals surface area contributed by atoms with Crippen LogP contribution >= 0.6 is 0 Å². The second kappa shape index (κ2) is 6.18. The lowest BCUT2D eigenvalue weighted by Crippen LogP contribution is -2.43. The fourth-order valence-corrected chi connectivity index (χ4v) is 2.32. The molecular formula is C14H25NO2. The van der Waals surface area contributed by atoms with Crippen molar-refractivity contribution in [2.75, 3.05) is 0 Å². The van der Waals surface area contributed by atoms with Gasteiger partial charge in [-0.1, -0.05) is 52.9 Å². The van der Waals surface area contributed by atoms with Crippen molar-refractivity contribution in [2.45, 2.75) is 65.3 Å². The van der Waals surface area contributed by atoms with E-state index in [0.29, 0.717) is 5.92 Å². The van der Waals surface area contributed by atoms with Crippen molar-refractivity contribution in [1.82, 2.24) is 5.32 Å². The summed E-state index contributed by atoms with van der Waals surface area (Å²) in [7, 11) is 0. The smallest absolute Gasteiger partial charge is 0.225 e. The van der Waals surface area contributed by atoms with E-state index in [2.05, 4.69) is 5.32 Å². The monoisotopic (exact) mass is 239 g/mol. The van der Waals surface area contributed by atoms with Crippen molar-refractivity contribution < 1.29 is 9.59 Å². The maximum Gasteiger partial charge on any atom is 0.225 e. The number of hydrogen-bond acceptors (Lipinski definition) is 2. The summed E-state index contributed by atoms with van der Waals surface area (Å²) in [6, 6.07) is -0.301. The summed E-state index contributed by atoms with van der Waals surface area (Å²) < 4.78 is 0. The summed E-state index contributed by atoms with van der Waals surface area (Å²) >= 11 is 0. The topological polar surface area (TPSA) is 46.2 Å². The number of rotatable bonds is 4. The van der Waals surface area contributed by atoms with Crippen LogP contribution in [0.25, 0.3) is 0 Å². The van der Waals surface area contributed by atoms with Crippen molar-refractivity contribution in [3.63, 3.8) is 0 Å². The highest BCUT2D eigenvalue weighted by molar-refractivity contribution is 5.84. The number of hydrogen-bond donors (Lipinski definition) is 1. The van der Waals surface area contributed by atoms with Crippen molar-refractivity contribution in [3.8, 4) is 0 Å². The average Bonchev–Trinajstić information content (AvgIpc) is 2.28. The third kappa shape index (κ3) is 4.88. The number of amides is 1. The molecule has 1 N–H and O–H groups in total. The predicted molar refractivity (Wildman–Crippen MR) is 68.6 cm³/mol. The molecule has 0 aromatic carbocycles. The Bertz CT molecular complexity index is 262. The van der Waals surface area contributed by atoms with Crippen LogP contribution in [0.4, 0.5) is 0 Å². The van der Waals surface area contributed by atoms with E-state index in [1.54, 1.807) is 0 Å². The summed E-state index contributed by atoms with van der Waals surface area (Å²) in [4.78, 5) is 22.8. The minimum Gasteiger partial charge on any atom is -0.346 e. The Morgan fingerprint density at radius 1 is 1.29 bits per heavy atom. The van der Waals surface area contributed by atoms with Gasteiger partial charge in [0.15, 0.2) is 0 Å². The molecule has 0 aromatic rings. The van der Waals surface area contributed by atoms with Gasteiger partial charge in [-0.3, -0.25) is 4.79 Å². The Kier molecular flexibility index (Phi) is 5.16. The molecule has 0 aromatic heterocycles. The van der Waals surface area contributed by atoms with Crippen LogP contribution in [-0.4, -0.2) is 18.2 Å². The Balaban J connectivity index is 2.42. The Hall–Kier alpha value is -0.860. The fraction of sp³-hybridized carbons (Fsp3) is 0.857. The average molecular weight is 239 g/mol. The lowest BCUT2D eigenvalue weighted by atomic mass is 9.84. The zero-order valence-electron chi connectivity index (χ0n) is 11.3. The normalized spacial score (nSPS) is 19.7.